The molecule has 0 aliphatic carbocycles. The van der Waals surface area contributed by atoms with Gasteiger partial charge in [0, 0.05) is 58.5 Å². The number of methoxy groups -OCH3 is 1. The van der Waals surface area contributed by atoms with Crippen LogP contribution in [0.4, 0.5) is 0 Å². The molecule has 380 valence electrons. The standard InChI is InChI=1S/C51H88O12.2ClH/c1-5-8-10-24-33-45(62-50(56)40-30-32-44(52)42-58-4)35-26-20-16-12-14-18-22-28-37-48(54)60-43-61-49(55)38-29-23-19-15-13-17-21-27-36-46(34-25-11-9-6-2)63-51(57)41-31-39-47(53)59-7-3;;/h20-21,26-27,45-46H,5-19,22-25,28-43H2,1-4H3;2*1H/p-2/b26-20-,27-21-;;. The fourth-order valence-corrected chi connectivity index (χ4v) is 6.97. The summed E-state index contributed by atoms with van der Waals surface area (Å²) in [5.74, 6) is -1.49. The molecule has 2 unspecified atom stereocenters. The van der Waals surface area contributed by atoms with Crippen LogP contribution in [0.15, 0.2) is 24.3 Å². The van der Waals surface area contributed by atoms with E-state index in [4.69, 9.17) is 28.4 Å². The summed E-state index contributed by atoms with van der Waals surface area (Å²) in [7, 11) is 1.49. The number of carbonyl (C=O) groups is 6. The van der Waals surface area contributed by atoms with Crippen LogP contribution in [0.25, 0.3) is 0 Å². The van der Waals surface area contributed by atoms with Crippen molar-refractivity contribution in [1.29, 1.82) is 0 Å². The molecule has 0 spiro atoms. The van der Waals surface area contributed by atoms with Gasteiger partial charge in [-0.25, -0.2) is 0 Å². The number of hydrogen-bond acceptors (Lipinski definition) is 12. The van der Waals surface area contributed by atoms with Crippen molar-refractivity contribution in [3.8, 4) is 0 Å². The first-order valence-corrected chi connectivity index (χ1v) is 24.8. The van der Waals surface area contributed by atoms with Gasteiger partial charge in [-0.15, -0.1) is 0 Å². The Morgan fingerprint density at radius 2 is 0.800 bits per heavy atom. The third kappa shape index (κ3) is 47.3. The van der Waals surface area contributed by atoms with E-state index in [9.17, 15) is 28.8 Å². The first-order valence-electron chi connectivity index (χ1n) is 24.8. The molecule has 0 N–H and O–H groups in total. The van der Waals surface area contributed by atoms with Crippen LogP contribution in [-0.4, -0.2) is 75.0 Å². The molecule has 65 heavy (non-hydrogen) atoms. The fraction of sp³-hybridized carbons (Fsp3) is 0.804. The molecule has 2 atom stereocenters. The van der Waals surface area contributed by atoms with E-state index in [1.165, 1.54) is 20.0 Å². The van der Waals surface area contributed by atoms with Crippen molar-refractivity contribution in [2.24, 2.45) is 0 Å². The normalized spacial score (nSPS) is 11.9. The molecule has 0 aromatic rings. The Hall–Kier alpha value is -2.96. The van der Waals surface area contributed by atoms with Crippen molar-refractivity contribution in [2.45, 2.75) is 238 Å². The number of carbonyl (C=O) groups excluding carboxylic acids is 6. The van der Waals surface area contributed by atoms with Crippen molar-refractivity contribution in [3.63, 3.8) is 0 Å². The van der Waals surface area contributed by atoms with Gasteiger partial charge in [0.1, 0.15) is 18.8 Å². The Morgan fingerprint density at radius 1 is 0.415 bits per heavy atom. The predicted octanol–water partition coefficient (Wildman–Crippen LogP) is 6.28. The molecule has 0 saturated carbocycles. The third-order valence-electron chi connectivity index (χ3n) is 10.6. The van der Waals surface area contributed by atoms with Crippen LogP contribution in [0.5, 0.6) is 0 Å². The minimum atomic E-state index is -0.351. The molecule has 0 aliphatic rings. The number of ether oxygens (including phenoxy) is 6. The van der Waals surface area contributed by atoms with E-state index in [0.29, 0.717) is 51.6 Å². The van der Waals surface area contributed by atoms with E-state index in [1.54, 1.807) is 6.92 Å². The number of rotatable bonds is 45. The van der Waals surface area contributed by atoms with Gasteiger partial charge in [-0.2, -0.15) is 0 Å². The summed E-state index contributed by atoms with van der Waals surface area (Å²) in [5.41, 5.74) is 0. The van der Waals surface area contributed by atoms with Crippen LogP contribution < -0.4 is 24.8 Å². The lowest BCUT2D eigenvalue weighted by Gasteiger charge is -2.16. The largest absolute Gasteiger partial charge is 1.00 e. The second-order valence-electron chi connectivity index (χ2n) is 16.6. The second kappa shape index (κ2) is 50.5. The SMILES string of the molecule is CCCCCCC(C/C=C\CCCCCCCC(=O)OCOC(=O)CCCCCCC/C=C\CC(CCCCCC)OC(=O)CCCC(=O)OCC)OC(=O)CCCC(=O)COC.[Cl-].[Cl-]. The lowest BCUT2D eigenvalue weighted by molar-refractivity contribution is -0.167. The average molecular weight is 964 g/mol. The molecular formula is C51H88Cl2O12-2. The second-order valence-corrected chi connectivity index (χ2v) is 16.6. The molecule has 14 heteroatoms. The van der Waals surface area contributed by atoms with Crippen molar-refractivity contribution >= 4 is 35.6 Å². The molecule has 12 nitrogen and oxygen atoms in total. The van der Waals surface area contributed by atoms with E-state index in [1.807, 2.05) is 0 Å². The molecule has 0 aromatic heterocycles. The summed E-state index contributed by atoms with van der Waals surface area (Å²) < 4.78 is 31.5. The lowest BCUT2D eigenvalue weighted by atomic mass is 10.1. The molecule has 0 aromatic carbocycles. The zero-order chi connectivity index (χ0) is 46.4. The minimum Gasteiger partial charge on any atom is -1.00 e. The van der Waals surface area contributed by atoms with E-state index >= 15 is 0 Å². The molecule has 0 radical (unpaired) electrons. The van der Waals surface area contributed by atoms with E-state index in [2.05, 4.69) is 38.2 Å². The highest BCUT2D eigenvalue weighted by Gasteiger charge is 2.16. The Morgan fingerprint density at radius 3 is 1.25 bits per heavy atom. The quantitative estimate of drug-likeness (QED) is 0.0222. The first kappa shape index (κ1) is 66.3. The lowest BCUT2D eigenvalue weighted by Crippen LogP contribution is -3.00. The zero-order valence-corrected chi connectivity index (χ0v) is 42.4. The van der Waals surface area contributed by atoms with Crippen LogP contribution in [0.2, 0.25) is 0 Å². The van der Waals surface area contributed by atoms with Crippen LogP contribution >= 0.6 is 0 Å². The molecule has 0 bridgehead atoms. The van der Waals surface area contributed by atoms with Gasteiger partial charge >= 0.3 is 29.8 Å². The first-order chi connectivity index (χ1) is 30.6. The molecular weight excluding hydrogens is 875 g/mol. The zero-order valence-electron chi connectivity index (χ0n) is 40.9. The number of halogens is 2. The molecule has 0 fully saturated rings. The predicted molar refractivity (Wildman–Crippen MR) is 248 cm³/mol. The highest BCUT2D eigenvalue weighted by atomic mass is 35.5. The average Bonchev–Trinajstić information content (AvgIpc) is 3.25. The van der Waals surface area contributed by atoms with Crippen LogP contribution in [0.3, 0.4) is 0 Å². The van der Waals surface area contributed by atoms with Gasteiger partial charge in [0.25, 0.3) is 0 Å². The molecule has 0 amide bonds. The smallest absolute Gasteiger partial charge is 0.308 e. The number of esters is 5. The monoisotopic (exact) mass is 963 g/mol. The van der Waals surface area contributed by atoms with Gasteiger partial charge in [-0.05, 0) is 84.0 Å². The molecule has 0 rings (SSSR count). The number of Topliss-reactive ketones (excluding diaryl/α,β-unsaturated/α-hetero) is 1. The molecule has 0 saturated heterocycles. The van der Waals surface area contributed by atoms with Gasteiger partial charge in [-0.1, -0.05) is 115 Å². The maximum Gasteiger partial charge on any atom is 0.308 e. The Labute approximate surface area is 406 Å². The van der Waals surface area contributed by atoms with E-state index in [0.717, 1.165) is 128 Å². The Bertz CT molecular complexity index is 1150. The van der Waals surface area contributed by atoms with Crippen molar-refractivity contribution in [3.05, 3.63) is 24.3 Å². The Balaban J connectivity index is -0.0000192. The van der Waals surface area contributed by atoms with Crippen LogP contribution in [-0.2, 0) is 57.2 Å². The van der Waals surface area contributed by atoms with Crippen molar-refractivity contribution in [1.82, 2.24) is 0 Å². The van der Waals surface area contributed by atoms with Gasteiger partial charge < -0.3 is 53.2 Å². The number of unbranched alkanes of at least 4 members (excludes halogenated alkanes) is 16. The highest BCUT2D eigenvalue weighted by Crippen LogP contribution is 2.17. The maximum absolute atomic E-state index is 12.4. The van der Waals surface area contributed by atoms with E-state index < -0.39 is 0 Å². The topological polar surface area (TPSA) is 158 Å². The van der Waals surface area contributed by atoms with Crippen molar-refractivity contribution < 1.29 is 82.0 Å². The third-order valence-corrected chi connectivity index (χ3v) is 10.6. The number of ketones is 1. The van der Waals surface area contributed by atoms with Gasteiger partial charge in [-0.3, -0.25) is 28.8 Å². The molecule has 0 heterocycles. The molecule has 0 aliphatic heterocycles. The maximum atomic E-state index is 12.4. The highest BCUT2D eigenvalue weighted by molar-refractivity contribution is 5.80. The van der Waals surface area contributed by atoms with Crippen molar-refractivity contribution in [2.75, 3.05) is 27.1 Å². The summed E-state index contributed by atoms with van der Waals surface area (Å²) in [5, 5.41) is 0. The van der Waals surface area contributed by atoms with Gasteiger partial charge in [0.05, 0.1) is 6.61 Å². The van der Waals surface area contributed by atoms with E-state index in [-0.39, 0.29) is 105 Å². The van der Waals surface area contributed by atoms with Crippen LogP contribution in [0, 0.1) is 0 Å². The van der Waals surface area contributed by atoms with Gasteiger partial charge in [0.15, 0.2) is 5.78 Å². The van der Waals surface area contributed by atoms with Crippen LogP contribution in [0.1, 0.15) is 226 Å². The summed E-state index contributed by atoms with van der Waals surface area (Å²) >= 11 is 0. The minimum absolute atomic E-state index is 0. The summed E-state index contributed by atoms with van der Waals surface area (Å²) in [6, 6.07) is 0. The Kier molecular flexibility index (Phi) is 51.5. The number of allylic oxidation sites excluding steroid dienone is 2. The van der Waals surface area contributed by atoms with Gasteiger partial charge in [0.2, 0.25) is 6.79 Å². The fourth-order valence-electron chi connectivity index (χ4n) is 6.97. The summed E-state index contributed by atoms with van der Waals surface area (Å²) in [6.07, 6.45) is 34.4. The summed E-state index contributed by atoms with van der Waals surface area (Å²) in [6.45, 7) is 6.20. The summed E-state index contributed by atoms with van der Waals surface area (Å²) in [4.78, 5) is 72.1. The number of hydrogen-bond donors (Lipinski definition) is 0.